The third kappa shape index (κ3) is 42.0. The summed E-state index contributed by atoms with van der Waals surface area (Å²) in [5.41, 5.74) is 0. The zero-order chi connectivity index (χ0) is 43.8. The second-order valence-corrected chi connectivity index (χ2v) is 16.9. The van der Waals surface area contributed by atoms with Crippen molar-refractivity contribution in [2.24, 2.45) is 0 Å². The molecule has 0 aliphatic rings. The van der Waals surface area contributed by atoms with Crippen molar-refractivity contribution < 1.29 is 24.5 Å². The van der Waals surface area contributed by atoms with E-state index < -0.39 is 18.2 Å². The molecule has 0 heterocycles. The molecule has 6 heteroatoms. The van der Waals surface area contributed by atoms with Crippen LogP contribution in [0, 0.1) is 0 Å². The minimum absolute atomic E-state index is 0.0426. The van der Waals surface area contributed by atoms with Crippen molar-refractivity contribution in [2.75, 3.05) is 6.61 Å². The molecule has 0 aromatic carbocycles. The summed E-state index contributed by atoms with van der Waals surface area (Å²) in [4.78, 5) is 26.1. The number of aliphatic hydroxyl groups is 2. The average molecular weight is 838 g/mol. The molecular weight excluding hydrogens is 743 g/mol. The second-order valence-electron chi connectivity index (χ2n) is 16.9. The fourth-order valence-electron chi connectivity index (χ4n) is 7.33. The molecule has 60 heavy (non-hydrogen) atoms. The molecule has 0 aliphatic heterocycles. The van der Waals surface area contributed by atoms with Crippen molar-refractivity contribution in [3.8, 4) is 0 Å². The zero-order valence-electron chi connectivity index (χ0n) is 39.3. The molecule has 0 aromatic heterocycles. The van der Waals surface area contributed by atoms with Crippen LogP contribution in [0.4, 0.5) is 0 Å². The average Bonchev–Trinajstić information content (AvgIpc) is 3.24. The SMILES string of the molecule is CC/C=C/C=C/C=C\CCCCCC(CC(=O)NC(CO)C(O)CCCCCCCCCCCCCCCCCC)OC(=O)CCCCCC/C=C/C/C=C/C/C=C/CC. The monoisotopic (exact) mass is 838 g/mol. The number of carbonyl (C=O) groups is 2. The number of ether oxygens (including phenoxy) is 1. The van der Waals surface area contributed by atoms with E-state index in [9.17, 15) is 19.8 Å². The van der Waals surface area contributed by atoms with Crippen molar-refractivity contribution in [1.82, 2.24) is 5.32 Å². The van der Waals surface area contributed by atoms with Crippen LogP contribution < -0.4 is 5.32 Å². The molecule has 0 bridgehead atoms. The number of hydrogen-bond acceptors (Lipinski definition) is 5. The maximum Gasteiger partial charge on any atom is 0.306 e. The van der Waals surface area contributed by atoms with Crippen LogP contribution >= 0.6 is 0 Å². The molecule has 346 valence electrons. The van der Waals surface area contributed by atoms with Crippen molar-refractivity contribution >= 4 is 11.9 Å². The van der Waals surface area contributed by atoms with Crippen LogP contribution in [0.15, 0.2) is 72.9 Å². The Morgan fingerprint density at radius 2 is 0.983 bits per heavy atom. The summed E-state index contributed by atoms with van der Waals surface area (Å²) < 4.78 is 5.89. The van der Waals surface area contributed by atoms with E-state index in [1.165, 1.54) is 83.5 Å². The van der Waals surface area contributed by atoms with E-state index in [1.54, 1.807) is 0 Å². The lowest BCUT2D eigenvalue weighted by Gasteiger charge is -2.24. The van der Waals surface area contributed by atoms with Gasteiger partial charge in [0.15, 0.2) is 0 Å². The normalized spacial score (nSPS) is 13.9. The number of rotatable bonds is 44. The summed E-state index contributed by atoms with van der Waals surface area (Å²) in [6.07, 6.45) is 59.7. The van der Waals surface area contributed by atoms with Gasteiger partial charge in [-0.3, -0.25) is 9.59 Å². The molecule has 3 unspecified atom stereocenters. The first-order valence-electron chi connectivity index (χ1n) is 25.2. The van der Waals surface area contributed by atoms with Crippen molar-refractivity contribution in [1.29, 1.82) is 0 Å². The van der Waals surface area contributed by atoms with Gasteiger partial charge in [0.05, 0.1) is 25.2 Å². The van der Waals surface area contributed by atoms with E-state index in [2.05, 4.69) is 86.8 Å². The molecule has 0 radical (unpaired) electrons. The van der Waals surface area contributed by atoms with Crippen LogP contribution in [-0.2, 0) is 14.3 Å². The number of hydrogen-bond donors (Lipinski definition) is 3. The Morgan fingerprint density at radius 1 is 0.517 bits per heavy atom. The van der Waals surface area contributed by atoms with Crippen LogP contribution in [-0.4, -0.2) is 46.9 Å². The standard InChI is InChI=1S/C54H95NO5/c1-4-7-10-13-16-19-22-24-26-27-28-31-34-37-40-43-46-52(57)51(49-56)55-53(58)48-50(45-42-39-36-33-30-21-18-15-12-9-6-3)60-54(59)47-44-41-38-35-32-29-25-23-20-17-14-11-8-5-2/h8-9,11-12,15,17-18,20-21,25,29-30,50-52,56-57H,4-7,10,13-14,16,19,22-24,26-28,31-49H2,1-3H3,(H,55,58)/b11-8+,12-9+,18-15+,20-17+,29-25+,30-21-. The maximum absolute atomic E-state index is 13.2. The smallest absolute Gasteiger partial charge is 0.306 e. The van der Waals surface area contributed by atoms with Gasteiger partial charge in [0.1, 0.15) is 6.10 Å². The highest BCUT2D eigenvalue weighted by Crippen LogP contribution is 2.17. The summed E-state index contributed by atoms with van der Waals surface area (Å²) in [7, 11) is 0. The molecule has 0 fully saturated rings. The number of aliphatic hydroxyl groups excluding tert-OH is 2. The minimum atomic E-state index is -0.803. The van der Waals surface area contributed by atoms with Crippen LogP contribution in [0.25, 0.3) is 0 Å². The Morgan fingerprint density at radius 3 is 1.57 bits per heavy atom. The lowest BCUT2D eigenvalue weighted by molar-refractivity contribution is -0.151. The molecule has 0 aromatic rings. The van der Waals surface area contributed by atoms with Gasteiger partial charge in [-0.1, -0.05) is 216 Å². The number of allylic oxidation sites excluding steroid dienone is 12. The Hall–Kier alpha value is -2.70. The van der Waals surface area contributed by atoms with Crippen LogP contribution in [0.3, 0.4) is 0 Å². The Kier molecular flexibility index (Phi) is 45.2. The van der Waals surface area contributed by atoms with Crippen molar-refractivity contribution in [2.45, 2.75) is 251 Å². The van der Waals surface area contributed by atoms with E-state index in [-0.39, 0.29) is 24.9 Å². The number of unbranched alkanes of at least 4 members (excludes halogenated alkanes) is 22. The van der Waals surface area contributed by atoms with E-state index in [4.69, 9.17) is 4.74 Å². The summed E-state index contributed by atoms with van der Waals surface area (Å²) in [5.74, 6) is -0.538. The Balaban J connectivity index is 4.57. The number of amides is 1. The topological polar surface area (TPSA) is 95.9 Å². The van der Waals surface area contributed by atoms with Gasteiger partial charge in [-0.25, -0.2) is 0 Å². The summed E-state index contributed by atoms with van der Waals surface area (Å²) >= 11 is 0. The molecule has 0 saturated heterocycles. The Bertz CT molecular complexity index is 1120. The summed E-state index contributed by atoms with van der Waals surface area (Å²) in [5, 5.41) is 23.7. The van der Waals surface area contributed by atoms with Gasteiger partial charge < -0.3 is 20.3 Å². The molecule has 0 spiro atoms. The summed E-state index contributed by atoms with van der Waals surface area (Å²) in [6, 6.07) is -0.720. The van der Waals surface area contributed by atoms with E-state index >= 15 is 0 Å². The number of esters is 1. The highest BCUT2D eigenvalue weighted by molar-refractivity contribution is 5.77. The molecule has 3 N–H and O–H groups in total. The fourth-order valence-corrected chi connectivity index (χ4v) is 7.33. The lowest BCUT2D eigenvalue weighted by atomic mass is 10.0. The predicted molar refractivity (Wildman–Crippen MR) is 259 cm³/mol. The van der Waals surface area contributed by atoms with E-state index in [0.717, 1.165) is 103 Å². The first-order chi connectivity index (χ1) is 29.5. The Labute approximate surface area is 371 Å². The molecule has 6 nitrogen and oxygen atoms in total. The molecule has 0 aliphatic carbocycles. The molecular formula is C54H95NO5. The van der Waals surface area contributed by atoms with Gasteiger partial charge in [-0.2, -0.15) is 0 Å². The lowest BCUT2D eigenvalue weighted by Crippen LogP contribution is -2.46. The largest absolute Gasteiger partial charge is 0.462 e. The van der Waals surface area contributed by atoms with Crippen LogP contribution in [0.2, 0.25) is 0 Å². The molecule has 0 rings (SSSR count). The molecule has 0 saturated carbocycles. The van der Waals surface area contributed by atoms with Crippen molar-refractivity contribution in [3.63, 3.8) is 0 Å². The number of carbonyl (C=O) groups excluding carboxylic acids is 2. The molecule has 1 amide bonds. The van der Waals surface area contributed by atoms with E-state index in [0.29, 0.717) is 19.3 Å². The minimum Gasteiger partial charge on any atom is -0.462 e. The van der Waals surface area contributed by atoms with Gasteiger partial charge >= 0.3 is 5.97 Å². The van der Waals surface area contributed by atoms with Gasteiger partial charge in [-0.05, 0) is 77.0 Å². The summed E-state index contributed by atoms with van der Waals surface area (Å²) in [6.45, 7) is 6.22. The highest BCUT2D eigenvalue weighted by atomic mass is 16.5. The van der Waals surface area contributed by atoms with Crippen LogP contribution in [0.1, 0.15) is 233 Å². The third-order valence-electron chi connectivity index (χ3n) is 11.1. The van der Waals surface area contributed by atoms with Gasteiger partial charge in [0.25, 0.3) is 0 Å². The number of nitrogens with one attached hydrogen (secondary N) is 1. The van der Waals surface area contributed by atoms with Gasteiger partial charge in [0, 0.05) is 6.42 Å². The zero-order valence-corrected chi connectivity index (χ0v) is 39.3. The second kappa shape index (κ2) is 47.4. The van der Waals surface area contributed by atoms with Crippen molar-refractivity contribution in [3.05, 3.63) is 72.9 Å². The first kappa shape index (κ1) is 57.3. The van der Waals surface area contributed by atoms with Gasteiger partial charge in [0.2, 0.25) is 5.91 Å². The first-order valence-corrected chi connectivity index (χ1v) is 25.2. The quantitative estimate of drug-likeness (QED) is 0.0246. The third-order valence-corrected chi connectivity index (χ3v) is 11.1. The maximum atomic E-state index is 13.2. The predicted octanol–water partition coefficient (Wildman–Crippen LogP) is 15.0. The van der Waals surface area contributed by atoms with E-state index in [1.807, 2.05) is 12.2 Å². The van der Waals surface area contributed by atoms with Crippen LogP contribution in [0.5, 0.6) is 0 Å². The van der Waals surface area contributed by atoms with Gasteiger partial charge in [-0.15, -0.1) is 0 Å². The fraction of sp³-hybridized carbons (Fsp3) is 0.741. The highest BCUT2D eigenvalue weighted by Gasteiger charge is 2.24. The molecule has 3 atom stereocenters.